The lowest BCUT2D eigenvalue weighted by Crippen LogP contribution is -2.16. The van der Waals surface area contributed by atoms with Crippen molar-refractivity contribution in [3.05, 3.63) is 17.0 Å². The molecule has 0 atom stereocenters. The van der Waals surface area contributed by atoms with Gasteiger partial charge in [0.25, 0.3) is 0 Å². The lowest BCUT2D eigenvalue weighted by atomic mass is 10.1. The Morgan fingerprint density at radius 3 is 2.35 bits per heavy atom. The summed E-state index contributed by atoms with van der Waals surface area (Å²) >= 11 is 0. The minimum Gasteiger partial charge on any atom is -0.313 e. The number of hydrogen-bond acceptors (Lipinski definition) is 2. The van der Waals surface area contributed by atoms with Crippen molar-refractivity contribution < 1.29 is 0 Å². The molecule has 1 N–H and O–H groups in total. The number of nitrogens with zero attached hydrogens (tertiary/aromatic N) is 2. The first-order chi connectivity index (χ1) is 8.15. The Morgan fingerprint density at radius 2 is 1.88 bits per heavy atom. The Hall–Kier alpha value is -0.830. The second-order valence-corrected chi connectivity index (χ2v) is 4.79. The highest BCUT2D eigenvalue weighted by atomic mass is 15.3. The van der Waals surface area contributed by atoms with Gasteiger partial charge in [0, 0.05) is 23.8 Å². The zero-order valence-corrected chi connectivity index (χ0v) is 12.0. The van der Waals surface area contributed by atoms with Crippen molar-refractivity contribution in [2.45, 2.75) is 66.5 Å². The van der Waals surface area contributed by atoms with Crippen LogP contribution in [0.3, 0.4) is 0 Å². The van der Waals surface area contributed by atoms with E-state index in [-0.39, 0.29) is 0 Å². The molecule has 0 saturated heterocycles. The summed E-state index contributed by atoms with van der Waals surface area (Å²) in [6.07, 6.45) is 3.27. The summed E-state index contributed by atoms with van der Waals surface area (Å²) in [5, 5.41) is 8.25. The van der Waals surface area contributed by atoms with Crippen LogP contribution in [0.5, 0.6) is 0 Å². The van der Waals surface area contributed by atoms with E-state index < -0.39 is 0 Å². The van der Waals surface area contributed by atoms with Crippen molar-refractivity contribution in [1.82, 2.24) is 15.1 Å². The Kier molecular flexibility index (Phi) is 5.69. The van der Waals surface area contributed by atoms with Crippen LogP contribution < -0.4 is 5.32 Å². The van der Waals surface area contributed by atoms with Crippen molar-refractivity contribution in [1.29, 1.82) is 0 Å². The van der Waals surface area contributed by atoms with Crippen LogP contribution in [0.2, 0.25) is 0 Å². The summed E-state index contributed by atoms with van der Waals surface area (Å²) in [5.74, 6) is 0. The van der Waals surface area contributed by atoms with Gasteiger partial charge in [-0.25, -0.2) is 0 Å². The minimum absolute atomic E-state index is 0.454. The van der Waals surface area contributed by atoms with Crippen LogP contribution in [0.15, 0.2) is 0 Å². The molecule has 0 aliphatic rings. The molecule has 0 amide bonds. The van der Waals surface area contributed by atoms with Crippen LogP contribution in [0.25, 0.3) is 0 Å². The van der Waals surface area contributed by atoms with Crippen LogP contribution in [0.1, 0.15) is 64.0 Å². The first kappa shape index (κ1) is 14.2. The van der Waals surface area contributed by atoms with Gasteiger partial charge in [0.1, 0.15) is 0 Å². The van der Waals surface area contributed by atoms with Crippen molar-refractivity contribution in [3.8, 4) is 0 Å². The second kappa shape index (κ2) is 6.80. The van der Waals surface area contributed by atoms with Crippen molar-refractivity contribution in [2.24, 2.45) is 0 Å². The van der Waals surface area contributed by atoms with E-state index in [1.54, 1.807) is 0 Å². The van der Waals surface area contributed by atoms with Gasteiger partial charge >= 0.3 is 0 Å². The maximum atomic E-state index is 4.75. The third kappa shape index (κ3) is 3.32. The predicted octanol–water partition coefficient (Wildman–Crippen LogP) is 3.09. The van der Waals surface area contributed by atoms with Gasteiger partial charge in [0.15, 0.2) is 0 Å². The van der Waals surface area contributed by atoms with Gasteiger partial charge in [0.05, 0.1) is 5.69 Å². The van der Waals surface area contributed by atoms with E-state index >= 15 is 0 Å². The van der Waals surface area contributed by atoms with Gasteiger partial charge in [-0.05, 0) is 39.7 Å². The lowest BCUT2D eigenvalue weighted by molar-refractivity contribution is 0.506. The quantitative estimate of drug-likeness (QED) is 0.739. The first-order valence-corrected chi connectivity index (χ1v) is 6.95. The van der Waals surface area contributed by atoms with Crippen LogP contribution in [0, 0.1) is 0 Å². The van der Waals surface area contributed by atoms with Gasteiger partial charge < -0.3 is 5.32 Å². The summed E-state index contributed by atoms with van der Waals surface area (Å²) in [4.78, 5) is 0. The highest BCUT2D eigenvalue weighted by Gasteiger charge is 2.16. The first-order valence-electron chi connectivity index (χ1n) is 6.95. The molecule has 0 spiro atoms. The Balaban J connectivity index is 2.98. The number of aromatic nitrogens is 2. The fraction of sp³-hybridized carbons (Fsp3) is 0.786. The Bertz CT molecular complexity index is 339. The molecule has 0 fully saturated rings. The molecule has 1 heterocycles. The Labute approximate surface area is 106 Å². The molecule has 1 rings (SSSR count). The highest BCUT2D eigenvalue weighted by Crippen LogP contribution is 2.19. The summed E-state index contributed by atoms with van der Waals surface area (Å²) < 4.78 is 2.20. The topological polar surface area (TPSA) is 29.9 Å². The van der Waals surface area contributed by atoms with Gasteiger partial charge in [-0.3, -0.25) is 4.68 Å². The van der Waals surface area contributed by atoms with Crippen molar-refractivity contribution in [2.75, 3.05) is 6.54 Å². The van der Waals surface area contributed by atoms with E-state index in [0.717, 1.165) is 25.9 Å². The molecule has 0 saturated carbocycles. The van der Waals surface area contributed by atoms with Crippen molar-refractivity contribution in [3.63, 3.8) is 0 Å². The van der Waals surface area contributed by atoms with Crippen LogP contribution in [0.4, 0.5) is 0 Å². The normalized spacial score (nSPS) is 11.4. The van der Waals surface area contributed by atoms with Gasteiger partial charge in [-0.2, -0.15) is 5.10 Å². The van der Waals surface area contributed by atoms with Crippen LogP contribution >= 0.6 is 0 Å². The van der Waals surface area contributed by atoms with Gasteiger partial charge in [0.2, 0.25) is 0 Å². The third-order valence-corrected chi connectivity index (χ3v) is 3.09. The summed E-state index contributed by atoms with van der Waals surface area (Å²) in [5.41, 5.74) is 4.09. The lowest BCUT2D eigenvalue weighted by Gasteiger charge is -2.11. The second-order valence-electron chi connectivity index (χ2n) is 4.79. The summed E-state index contributed by atoms with van der Waals surface area (Å²) in [6, 6.07) is 0.454. The average molecular weight is 237 g/mol. The maximum absolute atomic E-state index is 4.75. The SMILES string of the molecule is CCCNCc1c(CC)nn(C(C)C)c1CC. The zero-order valence-electron chi connectivity index (χ0n) is 12.0. The van der Waals surface area contributed by atoms with E-state index in [2.05, 4.69) is 44.6 Å². The molecular weight excluding hydrogens is 210 g/mol. The molecule has 0 aliphatic heterocycles. The fourth-order valence-electron chi connectivity index (χ4n) is 2.24. The van der Waals surface area contributed by atoms with Gasteiger partial charge in [-0.15, -0.1) is 0 Å². The molecule has 0 bridgehead atoms. The van der Waals surface area contributed by atoms with Crippen molar-refractivity contribution >= 4 is 0 Å². The largest absolute Gasteiger partial charge is 0.313 e. The third-order valence-electron chi connectivity index (χ3n) is 3.09. The molecule has 3 heteroatoms. The fourth-order valence-corrected chi connectivity index (χ4v) is 2.24. The van der Waals surface area contributed by atoms with E-state index in [1.165, 1.54) is 23.4 Å². The molecule has 98 valence electrons. The standard InChI is InChI=1S/C14H27N3/c1-6-9-15-10-12-13(7-2)16-17(11(4)5)14(12)8-3/h11,15H,6-10H2,1-5H3. The number of hydrogen-bond donors (Lipinski definition) is 1. The predicted molar refractivity (Wildman–Crippen MR) is 73.4 cm³/mol. The molecule has 0 aromatic carbocycles. The van der Waals surface area contributed by atoms with Gasteiger partial charge in [-0.1, -0.05) is 20.8 Å². The van der Waals surface area contributed by atoms with Crippen LogP contribution in [-0.4, -0.2) is 16.3 Å². The highest BCUT2D eigenvalue weighted by molar-refractivity contribution is 5.27. The number of nitrogens with one attached hydrogen (secondary N) is 1. The smallest absolute Gasteiger partial charge is 0.0669 e. The Morgan fingerprint density at radius 1 is 1.18 bits per heavy atom. The summed E-state index contributed by atoms with van der Waals surface area (Å²) in [6.45, 7) is 13.1. The number of rotatable bonds is 7. The molecular formula is C14H27N3. The molecule has 0 radical (unpaired) electrons. The molecule has 0 aliphatic carbocycles. The zero-order chi connectivity index (χ0) is 12.8. The van der Waals surface area contributed by atoms with E-state index in [0.29, 0.717) is 6.04 Å². The summed E-state index contributed by atoms with van der Waals surface area (Å²) in [7, 11) is 0. The molecule has 1 aromatic rings. The maximum Gasteiger partial charge on any atom is 0.0669 e. The minimum atomic E-state index is 0.454. The monoisotopic (exact) mass is 237 g/mol. The molecule has 17 heavy (non-hydrogen) atoms. The van der Waals surface area contributed by atoms with E-state index in [9.17, 15) is 0 Å². The molecule has 3 nitrogen and oxygen atoms in total. The van der Waals surface area contributed by atoms with E-state index in [1.807, 2.05) is 0 Å². The molecule has 1 aromatic heterocycles. The number of aryl methyl sites for hydroxylation is 1. The molecule has 0 unspecified atom stereocenters. The average Bonchev–Trinajstić information content (AvgIpc) is 2.67. The van der Waals surface area contributed by atoms with Crippen LogP contribution in [-0.2, 0) is 19.4 Å². The van der Waals surface area contributed by atoms with E-state index in [4.69, 9.17) is 5.10 Å².